The molecule has 114 valence electrons. The highest BCUT2D eigenvalue weighted by Crippen LogP contribution is 2.35. The van der Waals surface area contributed by atoms with Gasteiger partial charge in [-0.1, -0.05) is 18.2 Å². The number of anilines is 1. The Labute approximate surface area is 128 Å². The molecule has 1 unspecified atom stereocenters. The van der Waals surface area contributed by atoms with Gasteiger partial charge in [-0.25, -0.2) is 0 Å². The van der Waals surface area contributed by atoms with Crippen LogP contribution < -0.4 is 5.32 Å². The molecule has 3 rings (SSSR count). The Morgan fingerprint density at radius 3 is 2.86 bits per heavy atom. The highest BCUT2D eigenvalue weighted by atomic mass is 16.4. The van der Waals surface area contributed by atoms with Gasteiger partial charge in [0.05, 0.1) is 5.92 Å². The summed E-state index contributed by atoms with van der Waals surface area (Å²) < 4.78 is 0. The van der Waals surface area contributed by atoms with Gasteiger partial charge >= 0.3 is 5.97 Å². The number of carbonyl (C=O) groups excluding carboxylic acids is 1. The quantitative estimate of drug-likeness (QED) is 0.793. The van der Waals surface area contributed by atoms with E-state index in [9.17, 15) is 9.59 Å². The van der Waals surface area contributed by atoms with Crippen LogP contribution in [0.1, 0.15) is 34.9 Å². The third kappa shape index (κ3) is 2.74. The van der Waals surface area contributed by atoms with Crippen LogP contribution in [-0.2, 0) is 22.4 Å². The molecule has 1 aromatic heterocycles. The Morgan fingerprint density at radius 1 is 1.32 bits per heavy atom. The fourth-order valence-electron chi connectivity index (χ4n) is 3.03. The molecule has 0 saturated carbocycles. The summed E-state index contributed by atoms with van der Waals surface area (Å²) in [5, 5.41) is 11.8. The Bertz CT molecular complexity index is 733. The van der Waals surface area contributed by atoms with E-state index in [1.165, 1.54) is 0 Å². The summed E-state index contributed by atoms with van der Waals surface area (Å²) in [6, 6.07) is 9.66. The zero-order chi connectivity index (χ0) is 15.7. The van der Waals surface area contributed by atoms with Gasteiger partial charge in [-0.05, 0) is 36.6 Å². The minimum Gasteiger partial charge on any atom is -0.481 e. The number of benzene rings is 1. The first-order valence-corrected chi connectivity index (χ1v) is 7.33. The van der Waals surface area contributed by atoms with Gasteiger partial charge in [0, 0.05) is 29.9 Å². The molecular weight excluding hydrogens is 280 g/mol. The van der Waals surface area contributed by atoms with Crippen molar-refractivity contribution in [3.8, 4) is 0 Å². The van der Waals surface area contributed by atoms with Crippen LogP contribution in [0.5, 0.6) is 0 Å². The Kier molecular flexibility index (Phi) is 3.71. The first-order valence-electron chi connectivity index (χ1n) is 7.33. The number of carboxylic acids is 1. The largest absolute Gasteiger partial charge is 0.481 e. The van der Waals surface area contributed by atoms with E-state index in [1.807, 2.05) is 37.3 Å². The topological polar surface area (TPSA) is 82.2 Å². The first-order chi connectivity index (χ1) is 10.5. The minimum atomic E-state index is -0.811. The fourth-order valence-corrected chi connectivity index (χ4v) is 3.03. The molecule has 0 aliphatic carbocycles. The highest BCUT2D eigenvalue weighted by molar-refractivity contribution is 6.03. The molecule has 3 N–H and O–H groups in total. The van der Waals surface area contributed by atoms with Crippen molar-refractivity contribution in [3.05, 3.63) is 52.8 Å². The van der Waals surface area contributed by atoms with E-state index < -0.39 is 5.97 Å². The second kappa shape index (κ2) is 5.67. The molecule has 2 heterocycles. The second-order valence-corrected chi connectivity index (χ2v) is 5.68. The molecule has 1 aliphatic rings. The van der Waals surface area contributed by atoms with Gasteiger partial charge in [-0.15, -0.1) is 0 Å². The summed E-state index contributed by atoms with van der Waals surface area (Å²) >= 11 is 0. The molecule has 0 radical (unpaired) electrons. The Balaban J connectivity index is 1.84. The van der Waals surface area contributed by atoms with E-state index in [0.717, 1.165) is 28.2 Å². The number of nitrogens with one attached hydrogen (secondary N) is 2. The van der Waals surface area contributed by atoms with Crippen molar-refractivity contribution < 1.29 is 14.7 Å². The van der Waals surface area contributed by atoms with Crippen LogP contribution in [-0.4, -0.2) is 22.0 Å². The van der Waals surface area contributed by atoms with Crippen LogP contribution in [0.2, 0.25) is 0 Å². The lowest BCUT2D eigenvalue weighted by Crippen LogP contribution is -2.15. The van der Waals surface area contributed by atoms with Crippen molar-refractivity contribution >= 4 is 17.6 Å². The molecule has 1 atom stereocenters. The number of hydrogen-bond acceptors (Lipinski definition) is 2. The predicted octanol–water partition coefficient (Wildman–Crippen LogP) is 2.62. The third-order valence-electron chi connectivity index (χ3n) is 4.05. The maximum Gasteiger partial charge on any atom is 0.303 e. The summed E-state index contributed by atoms with van der Waals surface area (Å²) in [6.45, 7) is 1.94. The van der Waals surface area contributed by atoms with E-state index in [0.29, 0.717) is 12.8 Å². The number of hydrogen-bond donors (Lipinski definition) is 3. The van der Waals surface area contributed by atoms with Crippen molar-refractivity contribution in [1.82, 2.24) is 4.98 Å². The van der Waals surface area contributed by atoms with Gasteiger partial charge in [-0.3, -0.25) is 9.59 Å². The van der Waals surface area contributed by atoms with Gasteiger partial charge < -0.3 is 15.4 Å². The number of para-hydroxylation sites is 1. The van der Waals surface area contributed by atoms with E-state index in [2.05, 4.69) is 10.3 Å². The number of carbonyl (C=O) groups is 2. The van der Waals surface area contributed by atoms with E-state index >= 15 is 0 Å². The molecule has 1 aromatic carbocycles. The zero-order valence-corrected chi connectivity index (χ0v) is 12.3. The molecule has 5 nitrogen and oxygen atoms in total. The number of aliphatic carboxylic acids is 1. The number of fused-ring (bicyclic) bond motifs is 1. The highest BCUT2D eigenvalue weighted by Gasteiger charge is 2.31. The number of aryl methyl sites for hydroxylation is 2. The standard InChI is InChI=1S/C17H18N2O3/c1-10-8-11(6-7-16(20)21)15(18-10)9-13-12-4-2-3-5-14(12)19-17(13)22/h2-5,8,13,18H,6-7,9H2,1H3,(H,19,22)(H,20,21). The number of H-pyrrole nitrogens is 1. The number of amides is 1. The summed E-state index contributed by atoms with van der Waals surface area (Å²) in [7, 11) is 0. The number of rotatable bonds is 5. The van der Waals surface area contributed by atoms with Gasteiger partial charge in [0.2, 0.25) is 5.91 Å². The fraction of sp³-hybridized carbons (Fsp3) is 0.294. The predicted molar refractivity (Wildman–Crippen MR) is 83.0 cm³/mol. The summed E-state index contributed by atoms with van der Waals surface area (Å²) in [5.41, 5.74) is 4.80. The van der Waals surface area contributed by atoms with Gasteiger partial charge in [-0.2, -0.15) is 0 Å². The lowest BCUT2D eigenvalue weighted by Gasteiger charge is -2.09. The molecule has 22 heavy (non-hydrogen) atoms. The molecular formula is C17H18N2O3. The van der Waals surface area contributed by atoms with Crippen LogP contribution in [0, 0.1) is 6.92 Å². The van der Waals surface area contributed by atoms with Crippen molar-refractivity contribution in [1.29, 1.82) is 0 Å². The number of aromatic amines is 1. The van der Waals surface area contributed by atoms with E-state index in [1.54, 1.807) is 0 Å². The smallest absolute Gasteiger partial charge is 0.303 e. The number of carboxylic acid groups (broad SMARTS) is 1. The van der Waals surface area contributed by atoms with Gasteiger partial charge in [0.25, 0.3) is 0 Å². The average Bonchev–Trinajstić information content (AvgIpc) is 2.98. The van der Waals surface area contributed by atoms with Crippen molar-refractivity contribution in [3.63, 3.8) is 0 Å². The number of aromatic nitrogens is 1. The molecule has 1 aliphatic heterocycles. The summed E-state index contributed by atoms with van der Waals surface area (Å²) in [6.07, 6.45) is 1.13. The van der Waals surface area contributed by atoms with Crippen LogP contribution in [0.15, 0.2) is 30.3 Å². The van der Waals surface area contributed by atoms with Crippen LogP contribution in [0.3, 0.4) is 0 Å². The second-order valence-electron chi connectivity index (χ2n) is 5.68. The van der Waals surface area contributed by atoms with Gasteiger partial charge in [0.15, 0.2) is 0 Å². The average molecular weight is 298 g/mol. The maximum absolute atomic E-state index is 12.2. The van der Waals surface area contributed by atoms with Crippen LogP contribution >= 0.6 is 0 Å². The van der Waals surface area contributed by atoms with Crippen molar-refractivity contribution in [2.45, 2.75) is 32.1 Å². The molecule has 0 saturated heterocycles. The van der Waals surface area contributed by atoms with E-state index in [-0.39, 0.29) is 18.2 Å². The van der Waals surface area contributed by atoms with E-state index in [4.69, 9.17) is 5.11 Å². The lowest BCUT2D eigenvalue weighted by molar-refractivity contribution is -0.137. The maximum atomic E-state index is 12.2. The molecule has 0 spiro atoms. The Hall–Kier alpha value is -2.56. The molecule has 0 fully saturated rings. The zero-order valence-electron chi connectivity index (χ0n) is 12.3. The normalized spacial score (nSPS) is 16.4. The van der Waals surface area contributed by atoms with Gasteiger partial charge in [0.1, 0.15) is 0 Å². The lowest BCUT2D eigenvalue weighted by atomic mass is 9.93. The minimum absolute atomic E-state index is 0.00219. The van der Waals surface area contributed by atoms with Crippen molar-refractivity contribution in [2.24, 2.45) is 0 Å². The molecule has 5 heteroatoms. The SMILES string of the molecule is Cc1cc(CCC(=O)O)c(CC2C(=O)Nc3ccccc32)[nH]1. The molecule has 2 aromatic rings. The Morgan fingerprint density at radius 2 is 2.09 bits per heavy atom. The monoisotopic (exact) mass is 298 g/mol. The molecule has 0 bridgehead atoms. The molecule has 1 amide bonds. The first kappa shape index (κ1) is 14.4. The van der Waals surface area contributed by atoms with Crippen LogP contribution in [0.4, 0.5) is 5.69 Å². The van der Waals surface area contributed by atoms with Crippen LogP contribution in [0.25, 0.3) is 0 Å². The van der Waals surface area contributed by atoms with Crippen molar-refractivity contribution in [2.75, 3.05) is 5.32 Å². The third-order valence-corrected chi connectivity index (χ3v) is 4.05. The summed E-state index contributed by atoms with van der Waals surface area (Å²) in [4.78, 5) is 26.3. The summed E-state index contributed by atoms with van der Waals surface area (Å²) in [5.74, 6) is -1.04.